The van der Waals surface area contributed by atoms with Crippen LogP contribution >= 0.6 is 36.5 Å². The van der Waals surface area contributed by atoms with E-state index in [2.05, 4.69) is 35.6 Å². The van der Waals surface area contributed by atoms with Gasteiger partial charge >= 0.3 is 0 Å². The van der Waals surface area contributed by atoms with Crippen molar-refractivity contribution in [2.45, 2.75) is 25.4 Å². The Hall–Kier alpha value is -1.80. The van der Waals surface area contributed by atoms with Gasteiger partial charge in [-0.3, -0.25) is 9.48 Å². The Morgan fingerprint density at radius 3 is 3.07 bits per heavy atom. The average Bonchev–Trinajstić information content (AvgIpc) is 3.28. The zero-order valence-electron chi connectivity index (χ0n) is 16.0. The first-order valence-electron chi connectivity index (χ1n) is 9.49. The topological polar surface area (TPSA) is 82.2 Å². The molecule has 0 radical (unpaired) electrons. The number of hydrogen-bond donors (Lipinski definition) is 2. The Kier molecular flexibility index (Phi) is 6.53. The molecule has 1 amide bonds. The van der Waals surface area contributed by atoms with Crippen LogP contribution in [-0.4, -0.2) is 34.9 Å². The molecule has 0 fully saturated rings. The highest BCUT2D eigenvalue weighted by molar-refractivity contribution is 9.10. The minimum atomic E-state index is -0.310. The molecule has 30 heavy (non-hydrogen) atoms. The maximum atomic E-state index is 13.8. The third kappa shape index (κ3) is 4.44. The first-order valence-corrected chi connectivity index (χ1v) is 11.7. The van der Waals surface area contributed by atoms with Crippen LogP contribution in [0.3, 0.4) is 0 Å². The molecule has 1 aliphatic heterocycles. The number of aryl methyl sites for hydroxylation is 1. The highest BCUT2D eigenvalue weighted by Gasteiger charge is 2.24. The molecule has 2 unspecified atom stereocenters. The maximum absolute atomic E-state index is 13.8. The van der Waals surface area contributed by atoms with E-state index in [0.29, 0.717) is 28.3 Å². The zero-order chi connectivity index (χ0) is 21.3. The quantitative estimate of drug-likeness (QED) is 0.516. The largest absolute Gasteiger partial charge is 0.483 e. The van der Waals surface area contributed by atoms with Gasteiger partial charge in [0.05, 0.1) is 33.4 Å². The lowest BCUT2D eigenvalue weighted by atomic mass is 10.1. The number of fused-ring (bicyclic) bond motifs is 3. The summed E-state index contributed by atoms with van der Waals surface area (Å²) in [6, 6.07) is 6.53. The van der Waals surface area contributed by atoms with E-state index < -0.39 is 0 Å². The SMILES string of the molecule is NCC(Cc1ccc(P)c(F)c1)NC(=O)c1cc2c(s1)OCCCn1ncc(Br)c1-2. The number of carbonyl (C=O) groups is 1. The van der Waals surface area contributed by atoms with Gasteiger partial charge in [-0.2, -0.15) is 5.10 Å². The van der Waals surface area contributed by atoms with Gasteiger partial charge in [0, 0.05) is 30.9 Å². The van der Waals surface area contributed by atoms with Crippen molar-refractivity contribution in [1.82, 2.24) is 15.1 Å². The van der Waals surface area contributed by atoms with Crippen LogP contribution < -0.4 is 21.1 Å². The first kappa shape index (κ1) is 21.4. The van der Waals surface area contributed by atoms with E-state index in [1.807, 2.05) is 16.8 Å². The summed E-state index contributed by atoms with van der Waals surface area (Å²) in [5.41, 5.74) is 8.40. The van der Waals surface area contributed by atoms with Gasteiger partial charge in [-0.25, -0.2) is 4.39 Å². The molecule has 0 saturated heterocycles. The van der Waals surface area contributed by atoms with E-state index in [1.165, 1.54) is 17.4 Å². The smallest absolute Gasteiger partial charge is 0.261 e. The second-order valence-corrected chi connectivity index (χ2v) is 9.54. The van der Waals surface area contributed by atoms with Gasteiger partial charge in [-0.15, -0.1) is 9.24 Å². The fraction of sp³-hybridized carbons (Fsp3) is 0.300. The molecule has 158 valence electrons. The monoisotopic (exact) mass is 510 g/mol. The van der Waals surface area contributed by atoms with E-state index in [9.17, 15) is 9.18 Å². The summed E-state index contributed by atoms with van der Waals surface area (Å²) in [7, 11) is 2.35. The van der Waals surface area contributed by atoms with Gasteiger partial charge in [0.15, 0.2) is 5.06 Å². The van der Waals surface area contributed by atoms with Crippen LogP contribution in [0.2, 0.25) is 0 Å². The van der Waals surface area contributed by atoms with Crippen molar-refractivity contribution in [3.05, 3.63) is 51.2 Å². The van der Waals surface area contributed by atoms with Crippen LogP contribution in [0.15, 0.2) is 34.9 Å². The molecular weight excluding hydrogens is 490 g/mol. The molecule has 10 heteroatoms. The molecule has 1 aliphatic rings. The van der Waals surface area contributed by atoms with E-state index >= 15 is 0 Å². The summed E-state index contributed by atoms with van der Waals surface area (Å²) in [4.78, 5) is 13.5. The molecular formula is C20H21BrFN4O2PS. The second-order valence-electron chi connectivity index (χ2n) is 7.04. The molecule has 6 nitrogen and oxygen atoms in total. The maximum Gasteiger partial charge on any atom is 0.261 e. The number of carbonyl (C=O) groups excluding carboxylic acids is 1. The second kappa shape index (κ2) is 9.14. The Morgan fingerprint density at radius 1 is 1.47 bits per heavy atom. The van der Waals surface area contributed by atoms with Crippen molar-refractivity contribution in [1.29, 1.82) is 0 Å². The Morgan fingerprint density at radius 2 is 2.30 bits per heavy atom. The summed E-state index contributed by atoms with van der Waals surface area (Å²) in [5.74, 6) is -0.520. The van der Waals surface area contributed by atoms with Gasteiger partial charge in [-0.05, 0) is 40.0 Å². The highest BCUT2D eigenvalue weighted by atomic mass is 79.9. The van der Waals surface area contributed by atoms with Gasteiger partial charge in [0.2, 0.25) is 0 Å². The molecule has 0 aliphatic carbocycles. The Balaban J connectivity index is 1.55. The first-order chi connectivity index (χ1) is 14.5. The van der Waals surface area contributed by atoms with Crippen LogP contribution in [0.5, 0.6) is 5.06 Å². The Bertz CT molecular complexity index is 1090. The lowest BCUT2D eigenvalue weighted by Gasteiger charge is -2.16. The van der Waals surface area contributed by atoms with Crippen LogP contribution in [0.25, 0.3) is 11.3 Å². The van der Waals surface area contributed by atoms with Crippen LogP contribution in [0.1, 0.15) is 21.7 Å². The van der Waals surface area contributed by atoms with E-state index in [0.717, 1.165) is 34.3 Å². The summed E-state index contributed by atoms with van der Waals surface area (Å²) < 4.78 is 22.5. The normalized spacial score (nSPS) is 14.1. The van der Waals surface area contributed by atoms with Crippen LogP contribution in [0, 0.1) is 5.82 Å². The van der Waals surface area contributed by atoms with E-state index in [1.54, 1.807) is 12.3 Å². The lowest BCUT2D eigenvalue weighted by molar-refractivity contribution is 0.0942. The molecule has 4 rings (SSSR count). The number of aromatic nitrogens is 2. The molecule has 2 atom stereocenters. The summed E-state index contributed by atoms with van der Waals surface area (Å²) in [6.07, 6.45) is 3.04. The lowest BCUT2D eigenvalue weighted by Crippen LogP contribution is -2.41. The van der Waals surface area contributed by atoms with Crippen molar-refractivity contribution in [2.75, 3.05) is 13.2 Å². The number of thiophene rings is 1. The van der Waals surface area contributed by atoms with Crippen molar-refractivity contribution in [3.8, 4) is 16.3 Å². The molecule has 0 spiro atoms. The number of nitrogens with one attached hydrogen (secondary N) is 1. The van der Waals surface area contributed by atoms with Gasteiger partial charge in [0.25, 0.3) is 5.91 Å². The molecule has 3 N–H and O–H groups in total. The summed E-state index contributed by atoms with van der Waals surface area (Å²) >= 11 is 4.85. The number of hydrogen-bond acceptors (Lipinski definition) is 5. The third-order valence-electron chi connectivity index (χ3n) is 4.89. The zero-order valence-corrected chi connectivity index (χ0v) is 19.6. The number of rotatable bonds is 5. The minimum absolute atomic E-state index is 0.226. The fourth-order valence-corrected chi connectivity index (χ4v) is 4.99. The Labute approximate surface area is 188 Å². The summed E-state index contributed by atoms with van der Waals surface area (Å²) in [5, 5.41) is 8.58. The van der Waals surface area contributed by atoms with Crippen molar-refractivity contribution >= 4 is 47.7 Å². The summed E-state index contributed by atoms with van der Waals surface area (Å²) in [6.45, 7) is 1.56. The number of benzene rings is 1. The number of nitrogens with two attached hydrogens (primary N) is 1. The van der Waals surface area contributed by atoms with E-state index in [4.69, 9.17) is 10.5 Å². The van der Waals surface area contributed by atoms with Crippen molar-refractivity contribution in [3.63, 3.8) is 0 Å². The van der Waals surface area contributed by atoms with Crippen LogP contribution in [0.4, 0.5) is 4.39 Å². The standard InChI is InChI=1S/C20H21BrFN4O2PS/c21-14-10-24-26-4-1-5-28-20-13(18(14)26)8-17(30-20)19(27)25-12(9-23)6-11-2-3-16(29)15(22)7-11/h2-3,7-8,10,12H,1,4-6,9,23,29H2,(H,25,27). The predicted molar refractivity (Wildman–Crippen MR) is 123 cm³/mol. The molecule has 3 heterocycles. The van der Waals surface area contributed by atoms with Gasteiger partial charge in [-0.1, -0.05) is 23.5 Å². The number of ether oxygens (including phenoxy) is 1. The van der Waals surface area contributed by atoms with Gasteiger partial charge in [0.1, 0.15) is 5.82 Å². The average molecular weight is 511 g/mol. The predicted octanol–water partition coefficient (Wildman–Crippen LogP) is 3.10. The van der Waals surface area contributed by atoms with E-state index in [-0.39, 0.29) is 24.3 Å². The molecule has 2 aromatic heterocycles. The molecule has 0 saturated carbocycles. The highest BCUT2D eigenvalue weighted by Crippen LogP contribution is 2.42. The molecule has 1 aromatic carbocycles. The third-order valence-corrected chi connectivity index (χ3v) is 6.98. The minimum Gasteiger partial charge on any atom is -0.483 e. The molecule has 0 bridgehead atoms. The van der Waals surface area contributed by atoms with Gasteiger partial charge < -0.3 is 15.8 Å². The van der Waals surface area contributed by atoms with Crippen molar-refractivity contribution in [2.24, 2.45) is 5.73 Å². The fourth-order valence-electron chi connectivity index (χ4n) is 3.37. The molecule has 3 aromatic rings. The van der Waals surface area contributed by atoms with Crippen molar-refractivity contribution < 1.29 is 13.9 Å². The number of halogens is 2. The number of nitrogens with zero attached hydrogens (tertiary/aromatic N) is 2. The van der Waals surface area contributed by atoms with Crippen LogP contribution in [-0.2, 0) is 13.0 Å². The number of amides is 1.